The van der Waals surface area contributed by atoms with Crippen LogP contribution in [0.5, 0.6) is 0 Å². The summed E-state index contributed by atoms with van der Waals surface area (Å²) in [6.45, 7) is 4.33. The standard InChI is InChI=1S/C41H32N2/c1-28-15-14-23-33(25-28)36-27-38(32-21-10-5-11-22-32)43-41(36)39(34-24-13-12-16-29(34)2)40-35(30-17-6-3-7-18-30)26-37(42-40)31-19-8-4-9-20-31/h3-27,42H,1-2H3/b41-39-. The van der Waals surface area contributed by atoms with E-state index in [1.165, 1.54) is 11.1 Å². The van der Waals surface area contributed by atoms with Crippen LogP contribution in [0.25, 0.3) is 33.5 Å². The molecule has 7 rings (SSSR count). The Balaban J connectivity index is 1.58. The van der Waals surface area contributed by atoms with E-state index in [1.807, 2.05) is 0 Å². The summed E-state index contributed by atoms with van der Waals surface area (Å²) in [4.78, 5) is 9.32. The molecule has 6 aromatic rings. The van der Waals surface area contributed by atoms with E-state index < -0.39 is 0 Å². The molecule has 0 aliphatic carbocycles. The maximum Gasteiger partial charge on any atom is 0.0815 e. The van der Waals surface area contributed by atoms with Crippen LogP contribution in [0.1, 0.15) is 33.5 Å². The molecule has 0 atom stereocenters. The highest BCUT2D eigenvalue weighted by molar-refractivity contribution is 6.20. The highest BCUT2D eigenvalue weighted by Crippen LogP contribution is 2.44. The number of aliphatic imine (C=N–C) groups is 1. The van der Waals surface area contributed by atoms with E-state index in [4.69, 9.17) is 4.99 Å². The normalized spacial score (nSPS) is 13.9. The predicted octanol–water partition coefficient (Wildman–Crippen LogP) is 10.3. The Morgan fingerprint density at radius 2 is 1.16 bits per heavy atom. The van der Waals surface area contributed by atoms with E-state index in [2.05, 4.69) is 171 Å². The number of H-pyrrole nitrogens is 1. The van der Waals surface area contributed by atoms with E-state index in [-0.39, 0.29) is 0 Å². The van der Waals surface area contributed by atoms with Gasteiger partial charge in [0.1, 0.15) is 0 Å². The Morgan fingerprint density at radius 3 is 1.84 bits per heavy atom. The molecule has 0 saturated heterocycles. The summed E-state index contributed by atoms with van der Waals surface area (Å²) in [5.74, 6) is 0. The fourth-order valence-electron chi connectivity index (χ4n) is 5.90. The number of aryl methyl sites for hydroxylation is 2. The van der Waals surface area contributed by atoms with Gasteiger partial charge in [0.2, 0.25) is 0 Å². The van der Waals surface area contributed by atoms with Crippen molar-refractivity contribution in [2.24, 2.45) is 4.99 Å². The van der Waals surface area contributed by atoms with Crippen molar-refractivity contribution in [1.29, 1.82) is 0 Å². The molecule has 5 aromatic carbocycles. The molecule has 43 heavy (non-hydrogen) atoms. The summed E-state index contributed by atoms with van der Waals surface area (Å²) < 4.78 is 0. The summed E-state index contributed by atoms with van der Waals surface area (Å²) in [6, 6.07) is 51.3. The molecule has 0 amide bonds. The Labute approximate surface area is 253 Å². The number of hydrogen-bond donors (Lipinski definition) is 1. The van der Waals surface area contributed by atoms with E-state index in [1.54, 1.807) is 0 Å². The molecule has 2 heterocycles. The third kappa shape index (κ3) is 5.20. The van der Waals surface area contributed by atoms with Crippen LogP contribution in [0.2, 0.25) is 0 Å². The molecule has 0 radical (unpaired) electrons. The SMILES string of the molecule is Cc1cccc(C2=CC(c3ccccc3)=N/C2=C(/c2ccccc2C)c2[nH]c(-c3ccccc3)cc2-c2ccccc2)c1. The number of nitrogens with one attached hydrogen (secondary N) is 1. The highest BCUT2D eigenvalue weighted by Gasteiger charge is 2.27. The second kappa shape index (κ2) is 11.4. The average Bonchev–Trinajstić information content (AvgIpc) is 3.70. The quantitative estimate of drug-likeness (QED) is 0.213. The van der Waals surface area contributed by atoms with Gasteiger partial charge in [-0.25, -0.2) is 4.99 Å². The van der Waals surface area contributed by atoms with E-state index in [9.17, 15) is 0 Å². The molecule has 0 fully saturated rings. The lowest BCUT2D eigenvalue weighted by Gasteiger charge is -2.17. The Bertz CT molecular complexity index is 2010. The first-order chi connectivity index (χ1) is 21.2. The molecule has 0 saturated carbocycles. The molecular formula is C41H32N2. The second-order valence-corrected chi connectivity index (χ2v) is 11.0. The molecule has 2 heteroatoms. The zero-order valence-corrected chi connectivity index (χ0v) is 24.4. The van der Waals surface area contributed by atoms with Crippen LogP contribution in [0.15, 0.2) is 162 Å². The van der Waals surface area contributed by atoms with E-state index in [0.717, 1.165) is 67.3 Å². The largest absolute Gasteiger partial charge is 0.354 e. The minimum absolute atomic E-state index is 0.967. The van der Waals surface area contributed by atoms with Crippen molar-refractivity contribution in [3.05, 3.63) is 191 Å². The topological polar surface area (TPSA) is 28.1 Å². The molecular weight excluding hydrogens is 520 g/mol. The van der Waals surface area contributed by atoms with Crippen LogP contribution >= 0.6 is 0 Å². The van der Waals surface area contributed by atoms with E-state index in [0.29, 0.717) is 0 Å². The van der Waals surface area contributed by atoms with Gasteiger partial charge in [0.15, 0.2) is 0 Å². The van der Waals surface area contributed by atoms with Crippen molar-refractivity contribution in [3.63, 3.8) is 0 Å². The fourth-order valence-corrected chi connectivity index (χ4v) is 5.90. The van der Waals surface area contributed by atoms with Crippen LogP contribution in [-0.4, -0.2) is 10.7 Å². The summed E-state index contributed by atoms with van der Waals surface area (Å²) in [5.41, 5.74) is 15.6. The monoisotopic (exact) mass is 552 g/mol. The van der Waals surface area contributed by atoms with Crippen LogP contribution in [0.3, 0.4) is 0 Å². The highest BCUT2D eigenvalue weighted by atomic mass is 14.8. The third-order valence-corrected chi connectivity index (χ3v) is 8.06. The molecule has 206 valence electrons. The smallest absolute Gasteiger partial charge is 0.0815 e. The molecule has 1 aromatic heterocycles. The fraction of sp³-hybridized carbons (Fsp3) is 0.0488. The number of hydrogen-bond acceptors (Lipinski definition) is 1. The Hall–Kier alpha value is -5.47. The number of aromatic amines is 1. The molecule has 1 aliphatic heterocycles. The van der Waals surface area contributed by atoms with E-state index >= 15 is 0 Å². The first kappa shape index (κ1) is 26.4. The average molecular weight is 553 g/mol. The van der Waals surface area contributed by atoms with Gasteiger partial charge >= 0.3 is 0 Å². The summed E-state index contributed by atoms with van der Waals surface area (Å²) in [5, 5.41) is 0. The predicted molar refractivity (Wildman–Crippen MR) is 181 cm³/mol. The summed E-state index contributed by atoms with van der Waals surface area (Å²) >= 11 is 0. The number of rotatable bonds is 6. The first-order valence-corrected chi connectivity index (χ1v) is 14.7. The molecule has 0 bridgehead atoms. The van der Waals surface area contributed by atoms with Crippen LogP contribution in [0, 0.1) is 13.8 Å². The van der Waals surface area contributed by atoms with Gasteiger partial charge in [0.05, 0.1) is 17.1 Å². The van der Waals surface area contributed by atoms with Gasteiger partial charge in [-0.15, -0.1) is 0 Å². The van der Waals surface area contributed by atoms with Crippen molar-refractivity contribution in [3.8, 4) is 22.4 Å². The maximum absolute atomic E-state index is 5.44. The zero-order valence-electron chi connectivity index (χ0n) is 24.4. The number of allylic oxidation sites excluding steroid dienone is 2. The van der Waals surface area contributed by atoms with Gasteiger partial charge < -0.3 is 4.98 Å². The van der Waals surface area contributed by atoms with Gasteiger partial charge in [0, 0.05) is 28.0 Å². The van der Waals surface area contributed by atoms with Crippen molar-refractivity contribution in [2.75, 3.05) is 0 Å². The summed E-state index contributed by atoms with van der Waals surface area (Å²) in [7, 11) is 0. The van der Waals surface area contributed by atoms with Gasteiger partial charge in [0.25, 0.3) is 0 Å². The molecule has 1 N–H and O–H groups in total. The lowest BCUT2D eigenvalue weighted by atomic mass is 9.89. The van der Waals surface area contributed by atoms with Crippen molar-refractivity contribution in [1.82, 2.24) is 4.98 Å². The van der Waals surface area contributed by atoms with Crippen LogP contribution in [0.4, 0.5) is 0 Å². The van der Waals surface area contributed by atoms with Crippen molar-refractivity contribution >= 4 is 16.9 Å². The minimum Gasteiger partial charge on any atom is -0.354 e. The zero-order chi connectivity index (χ0) is 29.2. The lowest BCUT2D eigenvalue weighted by molar-refractivity contribution is 1.30. The van der Waals surface area contributed by atoms with Gasteiger partial charge in [-0.2, -0.15) is 0 Å². The molecule has 2 nitrogen and oxygen atoms in total. The lowest BCUT2D eigenvalue weighted by Crippen LogP contribution is -1.99. The van der Waals surface area contributed by atoms with Crippen molar-refractivity contribution < 1.29 is 0 Å². The minimum atomic E-state index is 0.967. The van der Waals surface area contributed by atoms with Gasteiger partial charge in [-0.05, 0) is 53.8 Å². The molecule has 0 unspecified atom stereocenters. The number of nitrogens with zero attached hydrogens (tertiary/aromatic N) is 1. The van der Waals surface area contributed by atoms with Gasteiger partial charge in [-0.3, -0.25) is 0 Å². The van der Waals surface area contributed by atoms with Gasteiger partial charge in [-0.1, -0.05) is 145 Å². The number of benzene rings is 5. The molecule has 0 spiro atoms. The first-order valence-electron chi connectivity index (χ1n) is 14.7. The second-order valence-electron chi connectivity index (χ2n) is 11.0. The Kier molecular flexibility index (Phi) is 7.02. The third-order valence-electron chi connectivity index (χ3n) is 8.06. The maximum atomic E-state index is 5.44. The Morgan fingerprint density at radius 1 is 0.558 bits per heavy atom. The van der Waals surface area contributed by atoms with Crippen LogP contribution < -0.4 is 0 Å². The summed E-state index contributed by atoms with van der Waals surface area (Å²) in [6.07, 6.45) is 2.25. The number of aromatic nitrogens is 1. The van der Waals surface area contributed by atoms with Crippen LogP contribution in [-0.2, 0) is 0 Å². The van der Waals surface area contributed by atoms with Crippen molar-refractivity contribution in [2.45, 2.75) is 13.8 Å². The molecule has 1 aliphatic rings.